The van der Waals surface area contributed by atoms with Gasteiger partial charge in [-0.25, -0.2) is 4.79 Å². The molecule has 0 radical (unpaired) electrons. The maximum Gasteiger partial charge on any atom is 0.410 e. The molecule has 2 saturated heterocycles. The van der Waals surface area contributed by atoms with Crippen LogP contribution in [0.2, 0.25) is 0 Å². The van der Waals surface area contributed by atoms with Crippen molar-refractivity contribution in [3.05, 3.63) is 0 Å². The molecule has 0 aliphatic carbocycles. The number of carbonyl (C=O) groups is 1. The van der Waals surface area contributed by atoms with E-state index in [1.54, 1.807) is 0 Å². The monoisotopic (exact) mass is 268 g/mol. The largest absolute Gasteiger partial charge is 0.444 e. The van der Waals surface area contributed by atoms with Crippen molar-refractivity contribution in [2.24, 2.45) is 0 Å². The summed E-state index contributed by atoms with van der Waals surface area (Å²) in [5.41, 5.74) is -0.395. The molecule has 4 heteroatoms. The summed E-state index contributed by atoms with van der Waals surface area (Å²) in [5, 5.41) is 0. The summed E-state index contributed by atoms with van der Waals surface area (Å²) in [7, 11) is 0. The summed E-state index contributed by atoms with van der Waals surface area (Å²) in [6, 6.07) is 1.19. The second-order valence-corrected chi connectivity index (χ2v) is 6.95. The first-order valence-corrected chi connectivity index (χ1v) is 7.60. The summed E-state index contributed by atoms with van der Waals surface area (Å²) in [5.74, 6) is 0. The zero-order valence-corrected chi connectivity index (χ0v) is 12.8. The number of rotatable bonds is 1. The number of ether oxygens (including phenoxy) is 1. The number of amides is 1. The molecule has 0 bridgehead atoms. The second-order valence-electron chi connectivity index (χ2n) is 6.95. The van der Waals surface area contributed by atoms with Crippen LogP contribution in [-0.4, -0.2) is 53.2 Å². The van der Waals surface area contributed by atoms with Gasteiger partial charge in [-0.15, -0.1) is 0 Å². The third-order valence-corrected chi connectivity index (χ3v) is 4.14. The average molecular weight is 268 g/mol. The van der Waals surface area contributed by atoms with Gasteiger partial charge in [-0.2, -0.15) is 0 Å². The van der Waals surface area contributed by atoms with Crippen molar-refractivity contribution in [3.63, 3.8) is 0 Å². The number of nitrogens with zero attached hydrogens (tertiary/aromatic N) is 2. The van der Waals surface area contributed by atoms with E-state index in [0.29, 0.717) is 12.1 Å². The van der Waals surface area contributed by atoms with Crippen molar-refractivity contribution in [1.82, 2.24) is 9.80 Å². The highest BCUT2D eigenvalue weighted by Gasteiger charge is 2.35. The van der Waals surface area contributed by atoms with E-state index in [-0.39, 0.29) is 6.09 Å². The Hall–Kier alpha value is -0.770. The molecule has 2 heterocycles. The van der Waals surface area contributed by atoms with E-state index in [1.165, 1.54) is 25.8 Å². The Morgan fingerprint density at radius 2 is 1.89 bits per heavy atom. The minimum Gasteiger partial charge on any atom is -0.444 e. The van der Waals surface area contributed by atoms with Crippen molar-refractivity contribution in [2.45, 2.75) is 71.1 Å². The molecule has 0 aromatic rings. The molecular weight excluding hydrogens is 240 g/mol. The number of piperidine rings is 1. The number of hydrogen-bond donors (Lipinski definition) is 0. The van der Waals surface area contributed by atoms with E-state index in [9.17, 15) is 4.79 Å². The summed E-state index contributed by atoms with van der Waals surface area (Å²) in [4.78, 5) is 16.5. The Balaban J connectivity index is 1.87. The highest BCUT2D eigenvalue weighted by molar-refractivity contribution is 5.68. The fourth-order valence-electron chi connectivity index (χ4n) is 3.17. The highest BCUT2D eigenvalue weighted by Crippen LogP contribution is 2.25. The van der Waals surface area contributed by atoms with Crippen molar-refractivity contribution in [2.75, 3.05) is 19.6 Å². The Kier molecular flexibility index (Phi) is 4.39. The molecule has 0 aromatic heterocycles. The van der Waals surface area contributed by atoms with Gasteiger partial charge in [-0.1, -0.05) is 6.42 Å². The lowest BCUT2D eigenvalue weighted by molar-refractivity contribution is 0.0266. The topological polar surface area (TPSA) is 32.8 Å². The summed E-state index contributed by atoms with van der Waals surface area (Å²) >= 11 is 0. The van der Waals surface area contributed by atoms with Crippen molar-refractivity contribution in [3.8, 4) is 0 Å². The van der Waals surface area contributed by atoms with Crippen LogP contribution in [0.1, 0.15) is 53.4 Å². The van der Waals surface area contributed by atoms with Crippen LogP contribution in [0.4, 0.5) is 4.79 Å². The smallest absolute Gasteiger partial charge is 0.410 e. The van der Waals surface area contributed by atoms with E-state index in [4.69, 9.17) is 4.74 Å². The minimum atomic E-state index is -0.395. The second kappa shape index (κ2) is 5.70. The van der Waals surface area contributed by atoms with Gasteiger partial charge in [0.25, 0.3) is 0 Å². The molecular formula is C15H28N2O2. The van der Waals surface area contributed by atoms with E-state index < -0.39 is 5.60 Å². The highest BCUT2D eigenvalue weighted by atomic mass is 16.6. The number of likely N-dealkylation sites (tertiary alicyclic amines) is 2. The van der Waals surface area contributed by atoms with Crippen LogP contribution >= 0.6 is 0 Å². The lowest BCUT2D eigenvalue weighted by atomic mass is 10.0. The molecule has 1 amide bonds. The zero-order valence-electron chi connectivity index (χ0n) is 12.8. The maximum absolute atomic E-state index is 12.1. The van der Waals surface area contributed by atoms with Crippen LogP contribution in [0.25, 0.3) is 0 Å². The van der Waals surface area contributed by atoms with Gasteiger partial charge < -0.3 is 9.64 Å². The van der Waals surface area contributed by atoms with Gasteiger partial charge in [0.05, 0.1) is 0 Å². The van der Waals surface area contributed by atoms with Gasteiger partial charge in [0, 0.05) is 25.2 Å². The quantitative estimate of drug-likeness (QED) is 0.733. The van der Waals surface area contributed by atoms with Crippen molar-refractivity contribution >= 4 is 6.09 Å². The number of hydrogen-bond acceptors (Lipinski definition) is 3. The van der Waals surface area contributed by atoms with Crippen LogP contribution in [0.5, 0.6) is 0 Å². The molecule has 0 spiro atoms. The predicted molar refractivity (Wildman–Crippen MR) is 76.2 cm³/mol. The molecule has 0 saturated carbocycles. The standard InChI is InChI=1S/C15H28N2O2/c1-12-7-5-6-9-17(12)13-8-10-16(11-13)14(18)19-15(2,3)4/h12-13H,5-11H2,1-4H3. The van der Waals surface area contributed by atoms with Crippen LogP contribution in [0.3, 0.4) is 0 Å². The van der Waals surface area contributed by atoms with Gasteiger partial charge in [0.2, 0.25) is 0 Å². The zero-order chi connectivity index (χ0) is 14.0. The summed E-state index contributed by atoms with van der Waals surface area (Å²) in [6.07, 6.45) is 4.87. The molecule has 2 rings (SSSR count). The van der Waals surface area contributed by atoms with Crippen LogP contribution in [0, 0.1) is 0 Å². The third-order valence-electron chi connectivity index (χ3n) is 4.14. The Morgan fingerprint density at radius 1 is 1.16 bits per heavy atom. The molecule has 0 aromatic carbocycles. The van der Waals surface area contributed by atoms with Crippen molar-refractivity contribution in [1.29, 1.82) is 0 Å². The van der Waals surface area contributed by atoms with Gasteiger partial charge in [-0.3, -0.25) is 4.90 Å². The molecule has 2 atom stereocenters. The van der Waals surface area contributed by atoms with Gasteiger partial charge in [-0.05, 0) is 53.5 Å². The van der Waals surface area contributed by atoms with Gasteiger partial charge >= 0.3 is 6.09 Å². The SMILES string of the molecule is CC1CCCCN1C1CCN(C(=O)OC(C)(C)C)C1. The first kappa shape index (κ1) is 14.6. The lowest BCUT2D eigenvalue weighted by Gasteiger charge is -2.38. The van der Waals surface area contributed by atoms with E-state index in [2.05, 4.69) is 11.8 Å². The van der Waals surface area contributed by atoms with E-state index >= 15 is 0 Å². The Morgan fingerprint density at radius 3 is 2.53 bits per heavy atom. The molecule has 2 aliphatic rings. The molecule has 2 unspecified atom stereocenters. The van der Waals surface area contributed by atoms with Crippen LogP contribution in [0.15, 0.2) is 0 Å². The summed E-state index contributed by atoms with van der Waals surface area (Å²) < 4.78 is 5.45. The first-order chi connectivity index (χ1) is 8.87. The van der Waals surface area contributed by atoms with Crippen LogP contribution < -0.4 is 0 Å². The normalized spacial score (nSPS) is 29.6. The number of carbonyl (C=O) groups excluding carboxylic acids is 1. The van der Waals surface area contributed by atoms with Gasteiger partial charge in [0.1, 0.15) is 5.60 Å². The predicted octanol–water partition coefficient (Wildman–Crippen LogP) is 2.87. The molecule has 110 valence electrons. The lowest BCUT2D eigenvalue weighted by Crippen LogP contribution is -2.46. The molecule has 2 aliphatic heterocycles. The third kappa shape index (κ3) is 3.85. The van der Waals surface area contributed by atoms with E-state index in [0.717, 1.165) is 19.5 Å². The molecule has 4 nitrogen and oxygen atoms in total. The maximum atomic E-state index is 12.1. The van der Waals surface area contributed by atoms with Crippen LogP contribution in [-0.2, 0) is 4.74 Å². The molecule has 2 fully saturated rings. The molecule has 0 N–H and O–H groups in total. The Bertz CT molecular complexity index is 325. The summed E-state index contributed by atoms with van der Waals surface area (Å²) in [6.45, 7) is 10.9. The fraction of sp³-hybridized carbons (Fsp3) is 0.933. The molecule has 19 heavy (non-hydrogen) atoms. The Labute approximate surface area is 117 Å². The van der Waals surface area contributed by atoms with E-state index in [1.807, 2.05) is 25.7 Å². The fourth-order valence-corrected chi connectivity index (χ4v) is 3.17. The average Bonchev–Trinajstić information content (AvgIpc) is 2.76. The van der Waals surface area contributed by atoms with Gasteiger partial charge in [0.15, 0.2) is 0 Å². The van der Waals surface area contributed by atoms with Crippen molar-refractivity contribution < 1.29 is 9.53 Å². The first-order valence-electron chi connectivity index (χ1n) is 7.60. The minimum absolute atomic E-state index is 0.153.